The summed E-state index contributed by atoms with van der Waals surface area (Å²) in [4.78, 5) is 11.7. The fourth-order valence-electron chi connectivity index (χ4n) is 1.90. The van der Waals surface area contributed by atoms with Gasteiger partial charge in [0.2, 0.25) is 0 Å². The molecule has 6 nitrogen and oxygen atoms in total. The highest BCUT2D eigenvalue weighted by Crippen LogP contribution is 2.18. The van der Waals surface area contributed by atoms with Gasteiger partial charge in [0.05, 0.1) is 18.9 Å². The summed E-state index contributed by atoms with van der Waals surface area (Å²) in [7, 11) is 0. The number of aromatic nitrogens is 2. The van der Waals surface area contributed by atoms with Crippen LogP contribution in [0, 0.1) is 5.82 Å². The minimum Gasteiger partial charge on any atom is -0.459 e. The first-order valence-corrected chi connectivity index (χ1v) is 6.19. The first kappa shape index (κ1) is 13.3. The van der Waals surface area contributed by atoms with Gasteiger partial charge in [-0.25, -0.2) is 9.18 Å². The average molecular weight is 290 g/mol. The molecule has 0 saturated heterocycles. The number of hydrogen-bond acceptors (Lipinski definition) is 5. The van der Waals surface area contributed by atoms with Crippen molar-refractivity contribution in [1.82, 2.24) is 9.78 Å². The van der Waals surface area contributed by atoms with E-state index in [0.717, 1.165) is 4.68 Å². The van der Waals surface area contributed by atoms with Crippen molar-refractivity contribution < 1.29 is 18.3 Å². The Morgan fingerprint density at radius 2 is 2.19 bits per heavy atom. The highest BCUT2D eigenvalue weighted by atomic mass is 19.1. The Balaban J connectivity index is 1.83. The van der Waals surface area contributed by atoms with E-state index in [9.17, 15) is 14.3 Å². The second kappa shape index (κ2) is 5.37. The maximum absolute atomic E-state index is 13.1. The fraction of sp³-hybridized carbons (Fsp3) is 0.143. The molecule has 21 heavy (non-hydrogen) atoms. The molecule has 0 spiro atoms. The zero-order chi connectivity index (χ0) is 14.8. The van der Waals surface area contributed by atoms with Crippen molar-refractivity contribution >= 4 is 0 Å². The van der Waals surface area contributed by atoms with Crippen LogP contribution in [-0.4, -0.2) is 14.9 Å². The Labute approximate surface area is 118 Å². The zero-order valence-corrected chi connectivity index (χ0v) is 10.8. The number of benzene rings is 1. The Kier molecular flexibility index (Phi) is 3.41. The number of aliphatic hydroxyl groups is 1. The molecule has 0 aliphatic heterocycles. The molecule has 0 amide bonds. The van der Waals surface area contributed by atoms with Gasteiger partial charge in [-0.2, -0.15) is 4.68 Å². The van der Waals surface area contributed by atoms with E-state index in [-0.39, 0.29) is 12.4 Å². The molecule has 0 bridgehead atoms. The molecule has 1 aromatic carbocycles. The van der Waals surface area contributed by atoms with Gasteiger partial charge in [0.1, 0.15) is 5.82 Å². The number of nitrogens with zero attached hydrogens (tertiary/aromatic N) is 2. The van der Waals surface area contributed by atoms with Crippen molar-refractivity contribution in [2.24, 2.45) is 0 Å². The fourth-order valence-corrected chi connectivity index (χ4v) is 1.90. The molecule has 2 heterocycles. The lowest BCUT2D eigenvalue weighted by Crippen LogP contribution is -2.20. The molecule has 2 aromatic heterocycles. The van der Waals surface area contributed by atoms with E-state index in [1.165, 1.54) is 24.5 Å². The molecular weight excluding hydrogens is 279 g/mol. The predicted molar refractivity (Wildman–Crippen MR) is 69.8 cm³/mol. The van der Waals surface area contributed by atoms with E-state index in [0.29, 0.717) is 11.3 Å². The van der Waals surface area contributed by atoms with E-state index < -0.39 is 17.7 Å². The van der Waals surface area contributed by atoms with Gasteiger partial charge in [-0.05, 0) is 29.8 Å². The lowest BCUT2D eigenvalue weighted by Gasteiger charge is -2.09. The molecule has 0 radical (unpaired) electrons. The topological polar surface area (TPSA) is 81.4 Å². The van der Waals surface area contributed by atoms with Gasteiger partial charge in [-0.15, -0.1) is 5.10 Å². The van der Waals surface area contributed by atoms with E-state index in [2.05, 4.69) is 5.10 Å². The molecule has 0 fully saturated rings. The zero-order valence-electron chi connectivity index (χ0n) is 10.8. The summed E-state index contributed by atoms with van der Waals surface area (Å²) in [5.41, 5.74) is 0.351. The Bertz CT molecular complexity index is 791. The van der Waals surface area contributed by atoms with Crippen molar-refractivity contribution in [2.45, 2.75) is 12.6 Å². The summed E-state index contributed by atoms with van der Waals surface area (Å²) in [6.07, 6.45) is 0.351. The van der Waals surface area contributed by atoms with E-state index in [4.69, 9.17) is 8.83 Å². The molecule has 3 aromatic rings. The maximum Gasteiger partial charge on any atom is 0.437 e. The summed E-state index contributed by atoms with van der Waals surface area (Å²) in [5, 5.41) is 14.0. The molecule has 108 valence electrons. The van der Waals surface area contributed by atoms with Crippen molar-refractivity contribution in [1.29, 1.82) is 0 Å². The average Bonchev–Trinajstić information content (AvgIpc) is 3.09. The van der Waals surface area contributed by atoms with Crippen LogP contribution in [0.25, 0.3) is 11.7 Å². The van der Waals surface area contributed by atoms with Gasteiger partial charge in [0.15, 0.2) is 5.76 Å². The van der Waals surface area contributed by atoms with Crippen LogP contribution in [0.3, 0.4) is 0 Å². The summed E-state index contributed by atoms with van der Waals surface area (Å²) in [6.45, 7) is -0.146. The quantitative estimate of drug-likeness (QED) is 0.794. The largest absolute Gasteiger partial charge is 0.459 e. The summed E-state index contributed by atoms with van der Waals surface area (Å²) in [5.74, 6) is -0.852. The molecule has 0 saturated carbocycles. The molecule has 1 atom stereocenters. The smallest absolute Gasteiger partial charge is 0.437 e. The second-order valence-corrected chi connectivity index (χ2v) is 4.40. The number of rotatable bonds is 4. The van der Waals surface area contributed by atoms with Gasteiger partial charge < -0.3 is 13.9 Å². The molecule has 7 heteroatoms. The van der Waals surface area contributed by atoms with Crippen LogP contribution in [0.1, 0.15) is 11.7 Å². The minimum atomic E-state index is -1.08. The lowest BCUT2D eigenvalue weighted by atomic mass is 10.1. The normalized spacial score (nSPS) is 12.5. The van der Waals surface area contributed by atoms with Crippen LogP contribution in [0.15, 0.2) is 56.3 Å². The van der Waals surface area contributed by atoms with Gasteiger partial charge in [-0.1, -0.05) is 12.1 Å². The highest BCUT2D eigenvalue weighted by Gasteiger charge is 2.16. The first-order valence-electron chi connectivity index (χ1n) is 6.19. The lowest BCUT2D eigenvalue weighted by molar-refractivity contribution is 0.148. The van der Waals surface area contributed by atoms with Gasteiger partial charge in [0, 0.05) is 0 Å². The third-order valence-electron chi connectivity index (χ3n) is 2.92. The maximum atomic E-state index is 13.1. The Morgan fingerprint density at radius 1 is 1.33 bits per heavy atom. The minimum absolute atomic E-state index is 0.0245. The standard InChI is InChI=1S/C14H11FN2O4/c15-10-4-1-3-9(7-10)11(18)8-17-14(19)21-13(16-17)12-5-2-6-20-12/h1-7,11,18H,8H2/t11-/m1/s1. The molecular formula is C14H11FN2O4. The third-order valence-corrected chi connectivity index (χ3v) is 2.92. The van der Waals surface area contributed by atoms with Crippen LogP contribution >= 0.6 is 0 Å². The van der Waals surface area contributed by atoms with Crippen LogP contribution in [-0.2, 0) is 6.54 Å². The van der Waals surface area contributed by atoms with Crippen LogP contribution in [0.4, 0.5) is 4.39 Å². The van der Waals surface area contributed by atoms with E-state index >= 15 is 0 Å². The number of aliphatic hydroxyl groups excluding tert-OH is 1. The van der Waals surface area contributed by atoms with Crippen molar-refractivity contribution in [2.75, 3.05) is 0 Å². The van der Waals surface area contributed by atoms with Crippen LogP contribution in [0.2, 0.25) is 0 Å². The third kappa shape index (κ3) is 2.77. The highest BCUT2D eigenvalue weighted by molar-refractivity contribution is 5.42. The molecule has 0 aliphatic rings. The van der Waals surface area contributed by atoms with Crippen molar-refractivity contribution in [3.05, 3.63) is 64.6 Å². The molecule has 1 N–H and O–H groups in total. The Hall–Kier alpha value is -2.67. The summed E-state index contributed by atoms with van der Waals surface area (Å²) in [6, 6.07) is 8.74. The predicted octanol–water partition coefficient (Wildman–Crippen LogP) is 1.97. The number of halogens is 1. The Morgan fingerprint density at radius 3 is 2.90 bits per heavy atom. The molecule has 0 aliphatic carbocycles. The van der Waals surface area contributed by atoms with E-state index in [1.807, 2.05) is 0 Å². The van der Waals surface area contributed by atoms with Crippen LogP contribution in [0.5, 0.6) is 0 Å². The summed E-state index contributed by atoms with van der Waals surface area (Å²) < 4.78 is 24.1. The van der Waals surface area contributed by atoms with Crippen molar-refractivity contribution in [3.63, 3.8) is 0 Å². The van der Waals surface area contributed by atoms with Crippen LogP contribution < -0.4 is 5.76 Å². The second-order valence-electron chi connectivity index (χ2n) is 4.40. The van der Waals surface area contributed by atoms with Gasteiger partial charge in [-0.3, -0.25) is 0 Å². The number of furan rings is 1. The first-order chi connectivity index (χ1) is 10.1. The van der Waals surface area contributed by atoms with Crippen molar-refractivity contribution in [3.8, 4) is 11.7 Å². The van der Waals surface area contributed by atoms with Gasteiger partial charge >= 0.3 is 5.76 Å². The molecule has 0 unspecified atom stereocenters. The van der Waals surface area contributed by atoms with Gasteiger partial charge in [0.25, 0.3) is 5.89 Å². The molecule has 3 rings (SSSR count). The number of hydrogen-bond donors (Lipinski definition) is 1. The monoisotopic (exact) mass is 290 g/mol. The summed E-state index contributed by atoms with van der Waals surface area (Å²) >= 11 is 0. The SMILES string of the molecule is O=c1oc(-c2ccco2)nn1C[C@@H](O)c1cccc(F)c1. The van der Waals surface area contributed by atoms with E-state index in [1.54, 1.807) is 18.2 Å².